The summed E-state index contributed by atoms with van der Waals surface area (Å²) in [5.41, 5.74) is 0.246. The summed E-state index contributed by atoms with van der Waals surface area (Å²) in [6.07, 6.45) is 0.489. The largest absolute Gasteiger partial charge is 0.492 e. The molecule has 0 unspecified atom stereocenters. The summed E-state index contributed by atoms with van der Waals surface area (Å²) >= 11 is 0. The number of benzene rings is 1. The number of hydrogen-bond donors (Lipinski definition) is 1. The van der Waals surface area contributed by atoms with Crippen molar-refractivity contribution in [1.82, 2.24) is 4.90 Å². The van der Waals surface area contributed by atoms with E-state index in [1.165, 1.54) is 0 Å². The lowest BCUT2D eigenvalue weighted by Crippen LogP contribution is -2.46. The van der Waals surface area contributed by atoms with Gasteiger partial charge in [-0.15, -0.1) is 0 Å². The summed E-state index contributed by atoms with van der Waals surface area (Å²) in [6.45, 7) is 7.31. The molecule has 2 atom stereocenters. The summed E-state index contributed by atoms with van der Waals surface area (Å²) in [4.78, 5) is 13.2. The molecule has 1 aromatic carbocycles. The van der Waals surface area contributed by atoms with Crippen molar-refractivity contribution in [2.45, 2.75) is 26.1 Å². The zero-order valence-electron chi connectivity index (χ0n) is 11.9. The van der Waals surface area contributed by atoms with E-state index in [0.29, 0.717) is 12.4 Å². The zero-order chi connectivity index (χ0) is 14.5. The normalized spacial score (nSPS) is 23.5. The second-order valence-electron chi connectivity index (χ2n) is 5.20. The van der Waals surface area contributed by atoms with E-state index >= 15 is 0 Å². The van der Waals surface area contributed by atoms with Gasteiger partial charge in [-0.2, -0.15) is 0 Å². The third-order valence-electron chi connectivity index (χ3n) is 3.25. The summed E-state index contributed by atoms with van der Waals surface area (Å²) in [7, 11) is 0. The smallest absolute Gasteiger partial charge is 0.335 e. The van der Waals surface area contributed by atoms with Gasteiger partial charge in [-0.1, -0.05) is 6.07 Å². The molecule has 20 heavy (non-hydrogen) atoms. The minimum Gasteiger partial charge on any atom is -0.492 e. The second-order valence-corrected chi connectivity index (χ2v) is 5.20. The van der Waals surface area contributed by atoms with Crippen LogP contribution in [0.15, 0.2) is 24.3 Å². The first kappa shape index (κ1) is 14.8. The summed E-state index contributed by atoms with van der Waals surface area (Å²) in [6, 6.07) is 6.57. The van der Waals surface area contributed by atoms with Gasteiger partial charge in [-0.05, 0) is 32.0 Å². The number of rotatable bonds is 5. The SMILES string of the molecule is C[C@@H]1CN(CCOc2cccc(C(=O)O)c2)C[C@H](C)O1. The molecule has 0 radical (unpaired) electrons. The van der Waals surface area contributed by atoms with Gasteiger partial charge in [0.05, 0.1) is 17.8 Å². The predicted molar refractivity (Wildman–Crippen MR) is 75.3 cm³/mol. The van der Waals surface area contributed by atoms with Crippen LogP contribution in [-0.2, 0) is 4.74 Å². The van der Waals surface area contributed by atoms with Crippen LogP contribution in [0.4, 0.5) is 0 Å². The maximum Gasteiger partial charge on any atom is 0.335 e. The Bertz CT molecular complexity index is 453. The van der Waals surface area contributed by atoms with Gasteiger partial charge in [-0.25, -0.2) is 4.79 Å². The zero-order valence-corrected chi connectivity index (χ0v) is 11.9. The van der Waals surface area contributed by atoms with Gasteiger partial charge in [0.25, 0.3) is 0 Å². The number of carboxylic acid groups (broad SMARTS) is 1. The Hall–Kier alpha value is -1.59. The number of aromatic carboxylic acids is 1. The third-order valence-corrected chi connectivity index (χ3v) is 3.25. The highest BCUT2D eigenvalue weighted by Crippen LogP contribution is 2.14. The fourth-order valence-electron chi connectivity index (χ4n) is 2.48. The monoisotopic (exact) mass is 279 g/mol. The van der Waals surface area contributed by atoms with Gasteiger partial charge in [0.15, 0.2) is 0 Å². The fraction of sp³-hybridized carbons (Fsp3) is 0.533. The molecule has 5 nitrogen and oxygen atoms in total. The minimum absolute atomic E-state index is 0.245. The number of ether oxygens (including phenoxy) is 2. The van der Waals surface area contributed by atoms with E-state index in [1.807, 2.05) is 0 Å². The van der Waals surface area contributed by atoms with Gasteiger partial charge in [-0.3, -0.25) is 4.90 Å². The van der Waals surface area contributed by atoms with Gasteiger partial charge in [0.2, 0.25) is 0 Å². The van der Waals surface area contributed by atoms with Crippen molar-refractivity contribution in [3.63, 3.8) is 0 Å². The van der Waals surface area contributed by atoms with E-state index in [0.717, 1.165) is 19.6 Å². The van der Waals surface area contributed by atoms with Crippen molar-refractivity contribution in [1.29, 1.82) is 0 Å². The van der Waals surface area contributed by atoms with Crippen LogP contribution >= 0.6 is 0 Å². The van der Waals surface area contributed by atoms with Gasteiger partial charge < -0.3 is 14.6 Å². The van der Waals surface area contributed by atoms with E-state index in [1.54, 1.807) is 24.3 Å². The number of carboxylic acids is 1. The van der Waals surface area contributed by atoms with Crippen LogP contribution in [0.5, 0.6) is 5.75 Å². The maximum absolute atomic E-state index is 10.9. The van der Waals surface area contributed by atoms with Crippen LogP contribution in [0.2, 0.25) is 0 Å². The molecule has 110 valence electrons. The Balaban J connectivity index is 1.81. The molecule has 2 rings (SSSR count). The van der Waals surface area contributed by atoms with Gasteiger partial charge >= 0.3 is 5.97 Å². The fourth-order valence-corrected chi connectivity index (χ4v) is 2.48. The van der Waals surface area contributed by atoms with Crippen molar-refractivity contribution < 1.29 is 19.4 Å². The third kappa shape index (κ3) is 4.21. The molecule has 0 bridgehead atoms. The lowest BCUT2D eigenvalue weighted by atomic mass is 10.2. The van der Waals surface area contributed by atoms with Crippen molar-refractivity contribution in [2.75, 3.05) is 26.2 Å². The van der Waals surface area contributed by atoms with Crippen LogP contribution in [0.25, 0.3) is 0 Å². The predicted octanol–water partition coefficient (Wildman–Crippen LogP) is 1.87. The summed E-state index contributed by atoms with van der Waals surface area (Å²) < 4.78 is 11.3. The highest BCUT2D eigenvalue weighted by molar-refractivity contribution is 5.87. The quantitative estimate of drug-likeness (QED) is 0.891. The lowest BCUT2D eigenvalue weighted by molar-refractivity contribution is -0.0699. The highest BCUT2D eigenvalue weighted by atomic mass is 16.5. The molecule has 1 saturated heterocycles. The standard InChI is InChI=1S/C15H21NO4/c1-11-9-16(10-12(2)20-11)6-7-19-14-5-3-4-13(8-14)15(17)18/h3-5,8,11-12H,6-7,9-10H2,1-2H3,(H,17,18)/t11-,12+. The Morgan fingerprint density at radius 1 is 1.40 bits per heavy atom. The average molecular weight is 279 g/mol. The Morgan fingerprint density at radius 3 is 2.75 bits per heavy atom. The number of carbonyl (C=O) groups is 1. The first-order chi connectivity index (χ1) is 9.54. The van der Waals surface area contributed by atoms with Crippen LogP contribution in [0, 0.1) is 0 Å². The molecule has 1 aliphatic rings. The van der Waals surface area contributed by atoms with Crippen molar-refractivity contribution in [3.05, 3.63) is 29.8 Å². The molecule has 1 aromatic rings. The second kappa shape index (κ2) is 6.72. The number of morpholine rings is 1. The van der Waals surface area contributed by atoms with E-state index in [9.17, 15) is 4.79 Å². The van der Waals surface area contributed by atoms with Crippen LogP contribution in [-0.4, -0.2) is 54.4 Å². The van der Waals surface area contributed by atoms with Crippen molar-refractivity contribution >= 4 is 5.97 Å². The number of nitrogens with zero attached hydrogens (tertiary/aromatic N) is 1. The molecule has 1 fully saturated rings. The molecule has 0 amide bonds. The van der Waals surface area contributed by atoms with E-state index < -0.39 is 5.97 Å². The van der Waals surface area contributed by atoms with Crippen molar-refractivity contribution in [2.24, 2.45) is 0 Å². The van der Waals surface area contributed by atoms with E-state index in [4.69, 9.17) is 14.6 Å². The molecule has 1 N–H and O–H groups in total. The Morgan fingerprint density at radius 2 is 2.10 bits per heavy atom. The topological polar surface area (TPSA) is 59.0 Å². The average Bonchev–Trinajstić information content (AvgIpc) is 2.38. The van der Waals surface area contributed by atoms with Gasteiger partial charge in [0.1, 0.15) is 12.4 Å². The van der Waals surface area contributed by atoms with Crippen LogP contribution in [0.1, 0.15) is 24.2 Å². The first-order valence-corrected chi connectivity index (χ1v) is 6.88. The Kier molecular flexibility index (Phi) is 4.98. The molecule has 0 saturated carbocycles. The van der Waals surface area contributed by atoms with E-state index in [2.05, 4.69) is 18.7 Å². The Labute approximate surface area is 119 Å². The first-order valence-electron chi connectivity index (χ1n) is 6.88. The molecule has 1 aliphatic heterocycles. The molecule has 5 heteroatoms. The maximum atomic E-state index is 10.9. The summed E-state index contributed by atoms with van der Waals surface area (Å²) in [5.74, 6) is -0.342. The highest BCUT2D eigenvalue weighted by Gasteiger charge is 2.21. The molecule has 1 heterocycles. The van der Waals surface area contributed by atoms with Crippen LogP contribution < -0.4 is 4.74 Å². The van der Waals surface area contributed by atoms with Gasteiger partial charge in [0, 0.05) is 19.6 Å². The number of hydrogen-bond acceptors (Lipinski definition) is 4. The molecule has 0 spiro atoms. The van der Waals surface area contributed by atoms with Crippen molar-refractivity contribution in [3.8, 4) is 5.75 Å². The molecule has 0 aliphatic carbocycles. The molecule has 0 aromatic heterocycles. The molecular formula is C15H21NO4. The minimum atomic E-state index is -0.939. The van der Waals surface area contributed by atoms with E-state index in [-0.39, 0.29) is 17.8 Å². The lowest BCUT2D eigenvalue weighted by Gasteiger charge is -2.35. The van der Waals surface area contributed by atoms with Crippen LogP contribution in [0.3, 0.4) is 0 Å². The molecular weight excluding hydrogens is 258 g/mol. The summed E-state index contributed by atoms with van der Waals surface area (Å²) in [5, 5.41) is 8.92.